The molecule has 1 aromatic rings. The molecule has 0 spiro atoms. The second-order valence-electron chi connectivity index (χ2n) is 9.97. The highest BCUT2D eigenvalue weighted by atomic mass is 16.2. The standard InChI is InChI=1S/C22H32N4O3/c1-13(2)12-26-18(27)16-8-7-14(9-17(16)19(26)28)23-20(29)24-15-10-21(3,4)25-22(5,6)11-15/h7-9,13,15,25H,10-12H2,1-6H3,(H2,23,24,29). The zero-order chi connectivity index (χ0) is 21.6. The van der Waals surface area contributed by atoms with E-state index in [9.17, 15) is 14.4 Å². The Morgan fingerprint density at radius 2 is 1.69 bits per heavy atom. The van der Waals surface area contributed by atoms with Crippen molar-refractivity contribution >= 4 is 23.5 Å². The first-order valence-electron chi connectivity index (χ1n) is 10.2. The van der Waals surface area contributed by atoms with Gasteiger partial charge in [0, 0.05) is 29.4 Å². The fourth-order valence-electron chi connectivity index (χ4n) is 4.68. The van der Waals surface area contributed by atoms with Crippen LogP contribution >= 0.6 is 0 Å². The summed E-state index contributed by atoms with van der Waals surface area (Å²) in [6, 6.07) is 4.60. The molecule has 3 N–H and O–H groups in total. The molecule has 4 amide bonds. The van der Waals surface area contributed by atoms with Gasteiger partial charge in [-0.3, -0.25) is 14.5 Å². The molecule has 7 nitrogen and oxygen atoms in total. The minimum atomic E-state index is -0.306. The number of urea groups is 1. The summed E-state index contributed by atoms with van der Waals surface area (Å²) in [7, 11) is 0. The van der Waals surface area contributed by atoms with E-state index in [1.165, 1.54) is 4.90 Å². The Balaban J connectivity index is 1.68. The fraction of sp³-hybridized carbons (Fsp3) is 0.591. The first-order valence-corrected chi connectivity index (χ1v) is 10.2. The predicted molar refractivity (Wildman–Crippen MR) is 113 cm³/mol. The van der Waals surface area contributed by atoms with Crippen molar-refractivity contribution in [3.63, 3.8) is 0 Å². The number of rotatable bonds is 4. The molecule has 2 aliphatic rings. The number of amides is 4. The van der Waals surface area contributed by atoms with Crippen molar-refractivity contribution < 1.29 is 14.4 Å². The SMILES string of the molecule is CC(C)CN1C(=O)c2ccc(NC(=O)NC3CC(C)(C)NC(C)(C)C3)cc2C1=O. The Morgan fingerprint density at radius 3 is 2.28 bits per heavy atom. The number of piperidine rings is 1. The maximum Gasteiger partial charge on any atom is 0.319 e. The van der Waals surface area contributed by atoms with Crippen LogP contribution in [-0.4, -0.2) is 46.4 Å². The van der Waals surface area contributed by atoms with E-state index in [-0.39, 0.29) is 40.9 Å². The quantitative estimate of drug-likeness (QED) is 0.676. The van der Waals surface area contributed by atoms with Gasteiger partial charge in [0.25, 0.3) is 11.8 Å². The van der Waals surface area contributed by atoms with Gasteiger partial charge in [0.05, 0.1) is 11.1 Å². The highest BCUT2D eigenvalue weighted by Crippen LogP contribution is 2.29. The number of hydrogen-bond donors (Lipinski definition) is 3. The number of imide groups is 1. The van der Waals surface area contributed by atoms with Crippen LogP contribution in [0.2, 0.25) is 0 Å². The second-order valence-corrected chi connectivity index (χ2v) is 9.97. The summed E-state index contributed by atoms with van der Waals surface area (Å²) in [4.78, 5) is 38.9. The van der Waals surface area contributed by atoms with Crippen molar-refractivity contribution in [3.8, 4) is 0 Å². The molecule has 0 aromatic heterocycles. The third kappa shape index (κ3) is 4.78. The summed E-state index contributed by atoms with van der Waals surface area (Å²) in [5, 5.41) is 9.45. The largest absolute Gasteiger partial charge is 0.335 e. The van der Waals surface area contributed by atoms with Crippen molar-refractivity contribution in [2.24, 2.45) is 5.92 Å². The number of fused-ring (bicyclic) bond motifs is 1. The highest BCUT2D eigenvalue weighted by Gasteiger charge is 2.38. The molecule has 7 heteroatoms. The monoisotopic (exact) mass is 400 g/mol. The third-order valence-electron chi connectivity index (χ3n) is 5.30. The summed E-state index contributed by atoms with van der Waals surface area (Å²) in [6.45, 7) is 12.8. The van der Waals surface area contributed by atoms with Crippen molar-refractivity contribution in [2.75, 3.05) is 11.9 Å². The van der Waals surface area contributed by atoms with Crippen LogP contribution in [0.4, 0.5) is 10.5 Å². The molecule has 158 valence electrons. The molecule has 2 heterocycles. The van der Waals surface area contributed by atoms with Crippen molar-refractivity contribution in [2.45, 2.75) is 71.5 Å². The van der Waals surface area contributed by atoms with Gasteiger partial charge in [-0.15, -0.1) is 0 Å². The van der Waals surface area contributed by atoms with Crippen LogP contribution in [0.5, 0.6) is 0 Å². The van der Waals surface area contributed by atoms with Gasteiger partial charge in [-0.2, -0.15) is 0 Å². The highest BCUT2D eigenvalue weighted by molar-refractivity contribution is 6.21. The molecule has 3 rings (SSSR count). The zero-order valence-corrected chi connectivity index (χ0v) is 18.2. The van der Waals surface area contributed by atoms with E-state index in [1.807, 2.05) is 13.8 Å². The van der Waals surface area contributed by atoms with Crippen LogP contribution in [0, 0.1) is 5.92 Å². The van der Waals surface area contributed by atoms with Crippen LogP contribution in [0.3, 0.4) is 0 Å². The Kier molecular flexibility index (Phi) is 5.47. The first-order chi connectivity index (χ1) is 13.4. The van der Waals surface area contributed by atoms with Crippen LogP contribution in [0.25, 0.3) is 0 Å². The number of nitrogens with zero attached hydrogens (tertiary/aromatic N) is 1. The average molecular weight is 401 g/mol. The second kappa shape index (κ2) is 7.44. The molecule has 1 aromatic carbocycles. The molecule has 0 radical (unpaired) electrons. The zero-order valence-electron chi connectivity index (χ0n) is 18.2. The van der Waals surface area contributed by atoms with Gasteiger partial charge in [-0.1, -0.05) is 13.8 Å². The molecular formula is C22H32N4O3. The molecule has 29 heavy (non-hydrogen) atoms. The molecule has 0 bridgehead atoms. The minimum absolute atomic E-state index is 0.0421. The van der Waals surface area contributed by atoms with E-state index >= 15 is 0 Å². The van der Waals surface area contributed by atoms with Gasteiger partial charge in [0.2, 0.25) is 0 Å². The van der Waals surface area contributed by atoms with Gasteiger partial charge >= 0.3 is 6.03 Å². The van der Waals surface area contributed by atoms with E-state index in [4.69, 9.17) is 0 Å². The predicted octanol–water partition coefficient (Wildman–Crippen LogP) is 3.37. The van der Waals surface area contributed by atoms with Crippen LogP contribution in [0.15, 0.2) is 18.2 Å². The smallest absolute Gasteiger partial charge is 0.319 e. The summed E-state index contributed by atoms with van der Waals surface area (Å²) >= 11 is 0. The van der Waals surface area contributed by atoms with Crippen molar-refractivity contribution in [1.82, 2.24) is 15.5 Å². The third-order valence-corrected chi connectivity index (χ3v) is 5.30. The number of anilines is 1. The topological polar surface area (TPSA) is 90.5 Å². The molecule has 0 atom stereocenters. The maximum absolute atomic E-state index is 12.6. The number of hydrogen-bond acceptors (Lipinski definition) is 4. The van der Waals surface area contributed by atoms with Crippen LogP contribution < -0.4 is 16.0 Å². The van der Waals surface area contributed by atoms with Gasteiger partial charge in [0.15, 0.2) is 0 Å². The normalized spacial score (nSPS) is 20.7. The van der Waals surface area contributed by atoms with Crippen LogP contribution in [-0.2, 0) is 0 Å². The van der Waals surface area contributed by atoms with Crippen molar-refractivity contribution in [3.05, 3.63) is 29.3 Å². The Morgan fingerprint density at radius 1 is 1.10 bits per heavy atom. The molecule has 1 saturated heterocycles. The summed E-state index contributed by atoms with van der Waals surface area (Å²) in [6.07, 6.45) is 1.65. The Labute approximate surface area is 172 Å². The van der Waals surface area contributed by atoms with Crippen molar-refractivity contribution in [1.29, 1.82) is 0 Å². The number of carbonyl (C=O) groups excluding carboxylic acids is 3. The van der Waals surface area contributed by atoms with E-state index < -0.39 is 0 Å². The van der Waals surface area contributed by atoms with Gasteiger partial charge in [-0.25, -0.2) is 4.79 Å². The Bertz CT molecular complexity index is 828. The fourth-order valence-corrected chi connectivity index (χ4v) is 4.68. The molecule has 0 aliphatic carbocycles. The summed E-state index contributed by atoms with van der Waals surface area (Å²) in [5.74, 6) is -0.377. The number of benzene rings is 1. The number of carbonyl (C=O) groups is 3. The van der Waals surface area contributed by atoms with Gasteiger partial charge in [0.1, 0.15) is 0 Å². The molecule has 0 saturated carbocycles. The maximum atomic E-state index is 12.6. The van der Waals surface area contributed by atoms with E-state index in [1.54, 1.807) is 18.2 Å². The number of nitrogens with one attached hydrogen (secondary N) is 3. The summed E-state index contributed by atoms with van der Waals surface area (Å²) < 4.78 is 0. The molecule has 2 aliphatic heterocycles. The molecular weight excluding hydrogens is 368 g/mol. The lowest BCUT2D eigenvalue weighted by atomic mass is 9.80. The first kappa shape index (κ1) is 21.3. The lowest BCUT2D eigenvalue weighted by Gasteiger charge is -2.46. The lowest BCUT2D eigenvalue weighted by Crippen LogP contribution is -2.62. The lowest BCUT2D eigenvalue weighted by molar-refractivity contribution is 0.0636. The molecule has 1 fully saturated rings. The van der Waals surface area contributed by atoms with Gasteiger partial charge in [-0.05, 0) is 64.7 Å². The summed E-state index contributed by atoms with van der Waals surface area (Å²) in [5.41, 5.74) is 1.10. The van der Waals surface area contributed by atoms with Gasteiger partial charge < -0.3 is 16.0 Å². The Hall–Kier alpha value is -2.41. The van der Waals surface area contributed by atoms with E-state index in [0.717, 1.165) is 12.8 Å². The minimum Gasteiger partial charge on any atom is -0.335 e. The van der Waals surface area contributed by atoms with Crippen LogP contribution in [0.1, 0.15) is 75.1 Å². The average Bonchev–Trinajstić information content (AvgIpc) is 2.76. The molecule has 0 unspecified atom stereocenters. The van der Waals surface area contributed by atoms with E-state index in [0.29, 0.717) is 23.4 Å². The van der Waals surface area contributed by atoms with E-state index in [2.05, 4.69) is 43.6 Å².